The lowest BCUT2D eigenvalue weighted by atomic mass is 10.0. The Morgan fingerprint density at radius 2 is 2.11 bits per heavy atom. The number of aromatic amines is 1. The van der Waals surface area contributed by atoms with Gasteiger partial charge in [-0.15, -0.1) is 0 Å². The van der Waals surface area contributed by atoms with Crippen molar-refractivity contribution in [2.75, 3.05) is 6.54 Å². The van der Waals surface area contributed by atoms with Gasteiger partial charge >= 0.3 is 0 Å². The minimum absolute atomic E-state index is 0.397. The Bertz CT molecular complexity index is 465. The number of hydrogen-bond acceptors (Lipinski definition) is 2. The first-order chi connectivity index (χ1) is 9.29. The van der Waals surface area contributed by atoms with Gasteiger partial charge in [-0.05, 0) is 37.1 Å². The second kappa shape index (κ2) is 7.31. The molecule has 2 rings (SSSR count). The fraction of sp³-hybridized carbons (Fsp3) is 0.400. The van der Waals surface area contributed by atoms with E-state index in [-0.39, 0.29) is 0 Å². The van der Waals surface area contributed by atoms with Crippen LogP contribution in [0.25, 0.3) is 0 Å². The molecule has 0 saturated carbocycles. The number of hydrogen-bond donors (Lipinski definition) is 2. The van der Waals surface area contributed by atoms with Gasteiger partial charge in [-0.1, -0.05) is 30.7 Å². The molecule has 1 aromatic carbocycles. The van der Waals surface area contributed by atoms with Crippen LogP contribution in [0.4, 0.5) is 0 Å². The van der Waals surface area contributed by atoms with Crippen LogP contribution < -0.4 is 5.32 Å². The first-order valence-corrected chi connectivity index (χ1v) is 7.14. The summed E-state index contributed by atoms with van der Waals surface area (Å²) in [5, 5.41) is 4.37. The van der Waals surface area contributed by atoms with E-state index in [1.165, 1.54) is 5.56 Å². The van der Waals surface area contributed by atoms with Crippen LogP contribution in [0.15, 0.2) is 36.7 Å². The van der Waals surface area contributed by atoms with Gasteiger partial charge in [0.15, 0.2) is 0 Å². The Morgan fingerprint density at radius 1 is 1.32 bits per heavy atom. The fourth-order valence-corrected chi connectivity index (χ4v) is 2.29. The van der Waals surface area contributed by atoms with E-state index >= 15 is 0 Å². The van der Waals surface area contributed by atoms with E-state index < -0.39 is 0 Å². The molecule has 0 fully saturated rings. The summed E-state index contributed by atoms with van der Waals surface area (Å²) in [6, 6.07) is 8.48. The average molecular weight is 278 g/mol. The lowest BCUT2D eigenvalue weighted by Crippen LogP contribution is -2.22. The lowest BCUT2D eigenvalue weighted by molar-refractivity contribution is 0.508. The van der Waals surface area contributed by atoms with Crippen molar-refractivity contribution in [3.63, 3.8) is 0 Å². The van der Waals surface area contributed by atoms with Crippen molar-refractivity contribution in [1.29, 1.82) is 0 Å². The van der Waals surface area contributed by atoms with Crippen LogP contribution in [-0.2, 0) is 6.42 Å². The van der Waals surface area contributed by atoms with Crippen molar-refractivity contribution < 1.29 is 0 Å². The fourth-order valence-electron chi connectivity index (χ4n) is 2.16. The normalized spacial score (nSPS) is 12.5. The van der Waals surface area contributed by atoms with E-state index in [2.05, 4.69) is 34.3 Å². The van der Waals surface area contributed by atoms with Crippen molar-refractivity contribution in [2.24, 2.45) is 0 Å². The molecule has 0 aliphatic carbocycles. The highest BCUT2D eigenvalue weighted by molar-refractivity contribution is 6.30. The summed E-state index contributed by atoms with van der Waals surface area (Å²) in [7, 11) is 0. The van der Waals surface area contributed by atoms with E-state index in [1.807, 2.05) is 18.3 Å². The van der Waals surface area contributed by atoms with Gasteiger partial charge in [0.05, 0.1) is 0 Å². The number of halogens is 1. The van der Waals surface area contributed by atoms with Gasteiger partial charge in [-0.25, -0.2) is 4.98 Å². The molecule has 0 bridgehead atoms. The van der Waals surface area contributed by atoms with E-state index in [1.54, 1.807) is 6.20 Å². The van der Waals surface area contributed by atoms with Gasteiger partial charge in [0.1, 0.15) is 5.82 Å². The van der Waals surface area contributed by atoms with E-state index in [0.29, 0.717) is 6.04 Å². The summed E-state index contributed by atoms with van der Waals surface area (Å²) in [6.45, 7) is 3.18. The predicted octanol–water partition coefficient (Wildman–Crippen LogP) is 3.74. The summed E-state index contributed by atoms with van der Waals surface area (Å²) < 4.78 is 0. The maximum absolute atomic E-state index is 5.91. The predicted molar refractivity (Wildman–Crippen MR) is 79.4 cm³/mol. The Hall–Kier alpha value is -1.32. The van der Waals surface area contributed by atoms with Crippen LogP contribution in [0.1, 0.15) is 37.2 Å². The molecular formula is C15H20ClN3. The van der Waals surface area contributed by atoms with Gasteiger partial charge < -0.3 is 10.3 Å². The zero-order valence-corrected chi connectivity index (χ0v) is 12.0. The Balaban J connectivity index is 1.77. The Kier molecular flexibility index (Phi) is 5.43. The molecule has 0 aliphatic rings. The molecule has 19 heavy (non-hydrogen) atoms. The van der Waals surface area contributed by atoms with Crippen molar-refractivity contribution in [3.05, 3.63) is 53.1 Å². The van der Waals surface area contributed by atoms with Crippen molar-refractivity contribution in [1.82, 2.24) is 15.3 Å². The number of nitrogens with zero attached hydrogens (tertiary/aromatic N) is 1. The van der Waals surface area contributed by atoms with Crippen LogP contribution in [0.5, 0.6) is 0 Å². The molecule has 0 radical (unpaired) electrons. The van der Waals surface area contributed by atoms with Gasteiger partial charge in [-0.2, -0.15) is 0 Å². The van der Waals surface area contributed by atoms with Gasteiger partial charge in [0, 0.05) is 29.9 Å². The average Bonchev–Trinajstić information content (AvgIpc) is 2.93. The largest absolute Gasteiger partial charge is 0.349 e. The van der Waals surface area contributed by atoms with Gasteiger partial charge in [0.25, 0.3) is 0 Å². The smallest absolute Gasteiger partial charge is 0.106 e. The molecule has 0 spiro atoms. The molecule has 3 nitrogen and oxygen atoms in total. The number of H-pyrrole nitrogens is 1. The number of imidazole rings is 1. The number of benzene rings is 1. The van der Waals surface area contributed by atoms with Gasteiger partial charge in [-0.3, -0.25) is 0 Å². The maximum atomic E-state index is 5.91. The van der Waals surface area contributed by atoms with Crippen LogP contribution in [0, 0.1) is 0 Å². The SMILES string of the molecule is CCC(NCCCc1ncc[nH]1)c1ccc(Cl)cc1. The number of rotatable bonds is 7. The standard InChI is InChI=1S/C15H20ClN3/c1-2-14(12-5-7-13(16)8-6-12)17-9-3-4-15-18-10-11-19-15/h5-8,10-11,14,17H,2-4,9H2,1H3,(H,18,19). The molecule has 1 aromatic heterocycles. The lowest BCUT2D eigenvalue weighted by Gasteiger charge is -2.17. The second-order valence-electron chi connectivity index (χ2n) is 4.61. The summed E-state index contributed by atoms with van der Waals surface area (Å²) in [4.78, 5) is 7.35. The highest BCUT2D eigenvalue weighted by atomic mass is 35.5. The molecule has 2 aromatic rings. The molecule has 102 valence electrons. The number of aryl methyl sites for hydroxylation is 1. The molecule has 1 atom stereocenters. The van der Waals surface area contributed by atoms with Crippen molar-refractivity contribution >= 4 is 11.6 Å². The first-order valence-electron chi connectivity index (χ1n) is 6.76. The molecule has 0 amide bonds. The summed E-state index contributed by atoms with van der Waals surface area (Å²) in [5.74, 6) is 1.06. The van der Waals surface area contributed by atoms with Crippen LogP contribution in [0.2, 0.25) is 5.02 Å². The summed E-state index contributed by atoms with van der Waals surface area (Å²) in [5.41, 5.74) is 1.30. The molecule has 2 N–H and O–H groups in total. The van der Waals surface area contributed by atoms with Crippen LogP contribution in [-0.4, -0.2) is 16.5 Å². The van der Waals surface area contributed by atoms with E-state index in [9.17, 15) is 0 Å². The Labute approximate surface area is 119 Å². The molecule has 0 aliphatic heterocycles. The maximum Gasteiger partial charge on any atom is 0.106 e. The molecular weight excluding hydrogens is 258 g/mol. The zero-order chi connectivity index (χ0) is 13.5. The molecule has 4 heteroatoms. The highest BCUT2D eigenvalue weighted by Gasteiger charge is 2.07. The van der Waals surface area contributed by atoms with Crippen molar-refractivity contribution in [3.8, 4) is 0 Å². The third-order valence-corrected chi connectivity index (χ3v) is 3.47. The first kappa shape index (κ1) is 14.1. The van der Waals surface area contributed by atoms with Crippen molar-refractivity contribution in [2.45, 2.75) is 32.2 Å². The van der Waals surface area contributed by atoms with E-state index in [4.69, 9.17) is 11.6 Å². The summed E-state index contributed by atoms with van der Waals surface area (Å²) >= 11 is 5.91. The molecule has 0 saturated heterocycles. The number of nitrogens with one attached hydrogen (secondary N) is 2. The monoisotopic (exact) mass is 277 g/mol. The highest BCUT2D eigenvalue weighted by Crippen LogP contribution is 2.19. The van der Waals surface area contributed by atoms with E-state index in [0.717, 1.165) is 36.7 Å². The zero-order valence-electron chi connectivity index (χ0n) is 11.2. The van der Waals surface area contributed by atoms with Crippen LogP contribution in [0.3, 0.4) is 0 Å². The van der Waals surface area contributed by atoms with Gasteiger partial charge in [0.2, 0.25) is 0 Å². The quantitative estimate of drug-likeness (QED) is 0.757. The third kappa shape index (κ3) is 4.37. The third-order valence-electron chi connectivity index (χ3n) is 3.22. The minimum Gasteiger partial charge on any atom is -0.349 e. The molecule has 1 unspecified atom stereocenters. The number of aromatic nitrogens is 2. The molecule has 1 heterocycles. The minimum atomic E-state index is 0.397. The Morgan fingerprint density at radius 3 is 2.74 bits per heavy atom. The topological polar surface area (TPSA) is 40.7 Å². The summed E-state index contributed by atoms with van der Waals surface area (Å²) in [6.07, 6.45) is 6.80. The van der Waals surface area contributed by atoms with Crippen LogP contribution >= 0.6 is 11.6 Å². The second-order valence-corrected chi connectivity index (χ2v) is 5.04.